The first kappa shape index (κ1) is 46.3. The van der Waals surface area contributed by atoms with Gasteiger partial charge in [0.25, 0.3) is 12.3 Å². The Morgan fingerprint density at radius 1 is 0.855 bits per heavy atom. The molecule has 55 heavy (non-hydrogen) atoms. The van der Waals surface area contributed by atoms with Gasteiger partial charge in [-0.15, -0.1) is 0 Å². The van der Waals surface area contributed by atoms with Crippen LogP contribution < -0.4 is 21.4 Å². The Bertz CT molecular complexity index is 1650. The SMILES string of the molecule is COC(=O)NC(C(=O)NC[C@@H](O)CN(Cc1c(F)cc(-c2ccn(CC(F)F)n2)cc1F)NC(=O)[C@@H](NC(=O)OC)C(C)(C)C(F)(F)F)C(C)(C)C(F)(F)F. The molecule has 310 valence electrons. The van der Waals surface area contributed by atoms with E-state index >= 15 is 8.78 Å². The molecule has 3 atom stereocenters. The van der Waals surface area contributed by atoms with Crippen molar-refractivity contribution in [3.05, 3.63) is 41.6 Å². The number of hydrazine groups is 1. The van der Waals surface area contributed by atoms with Crippen LogP contribution in [0.3, 0.4) is 0 Å². The van der Waals surface area contributed by atoms with Gasteiger partial charge in [0, 0.05) is 37.0 Å². The van der Waals surface area contributed by atoms with Gasteiger partial charge in [-0.1, -0.05) is 0 Å². The lowest BCUT2D eigenvalue weighted by molar-refractivity contribution is -0.221. The quantitative estimate of drug-likeness (QED) is 0.124. The van der Waals surface area contributed by atoms with Gasteiger partial charge in [-0.05, 0) is 45.9 Å². The summed E-state index contributed by atoms with van der Waals surface area (Å²) in [4.78, 5) is 50.0. The number of ether oxygens (including phenoxy) is 2. The van der Waals surface area contributed by atoms with Crippen LogP contribution in [0.1, 0.15) is 33.3 Å². The van der Waals surface area contributed by atoms with Crippen molar-refractivity contribution >= 4 is 24.0 Å². The first-order valence-corrected chi connectivity index (χ1v) is 15.8. The lowest BCUT2D eigenvalue weighted by atomic mass is 9.83. The zero-order valence-electron chi connectivity index (χ0n) is 30.0. The van der Waals surface area contributed by atoms with Gasteiger partial charge in [-0.3, -0.25) is 19.7 Å². The van der Waals surface area contributed by atoms with Gasteiger partial charge >= 0.3 is 24.5 Å². The molecule has 4 amide bonds. The maximum absolute atomic E-state index is 15.4. The van der Waals surface area contributed by atoms with Crippen LogP contribution in [-0.4, -0.2) is 108 Å². The highest BCUT2D eigenvalue weighted by molar-refractivity contribution is 5.87. The molecular weight excluding hydrogens is 772 g/mol. The number of carbonyl (C=O) groups is 4. The second-order valence-corrected chi connectivity index (χ2v) is 13.1. The molecule has 0 radical (unpaired) electrons. The van der Waals surface area contributed by atoms with E-state index in [0.717, 1.165) is 37.2 Å². The van der Waals surface area contributed by atoms with Gasteiger partial charge in [-0.25, -0.2) is 32.2 Å². The topological polar surface area (TPSA) is 176 Å². The highest BCUT2D eigenvalue weighted by Gasteiger charge is 2.57. The molecule has 2 aromatic rings. The minimum Gasteiger partial charge on any atom is -0.453 e. The predicted octanol–water partition coefficient (Wildman–Crippen LogP) is 4.03. The number of hydrogen-bond acceptors (Lipinski definition) is 9. The second kappa shape index (κ2) is 18.2. The van der Waals surface area contributed by atoms with E-state index in [0.29, 0.717) is 32.7 Å². The molecule has 0 aliphatic heterocycles. The molecule has 5 N–H and O–H groups in total. The number of nitrogens with one attached hydrogen (secondary N) is 4. The number of aliphatic hydroxyl groups is 1. The highest BCUT2D eigenvalue weighted by atomic mass is 19.4. The van der Waals surface area contributed by atoms with Crippen molar-refractivity contribution in [2.45, 2.75) is 77.8 Å². The number of hydrogen-bond donors (Lipinski definition) is 5. The van der Waals surface area contributed by atoms with E-state index in [1.807, 2.05) is 10.7 Å². The normalized spacial score (nSPS) is 14.2. The molecule has 14 nitrogen and oxygen atoms in total. The summed E-state index contributed by atoms with van der Waals surface area (Å²) in [6, 6.07) is -2.23. The molecule has 0 saturated carbocycles. The second-order valence-electron chi connectivity index (χ2n) is 13.1. The van der Waals surface area contributed by atoms with Crippen molar-refractivity contribution in [2.75, 3.05) is 27.3 Å². The molecule has 24 heteroatoms. The van der Waals surface area contributed by atoms with Crippen molar-refractivity contribution in [2.24, 2.45) is 10.8 Å². The van der Waals surface area contributed by atoms with Crippen LogP contribution >= 0.6 is 0 Å². The number of rotatable bonds is 16. The average Bonchev–Trinajstić information content (AvgIpc) is 3.52. The number of amides is 4. The van der Waals surface area contributed by atoms with E-state index in [9.17, 15) is 59.4 Å². The van der Waals surface area contributed by atoms with E-state index < -0.39 is 115 Å². The highest BCUT2D eigenvalue weighted by Crippen LogP contribution is 2.41. The zero-order valence-corrected chi connectivity index (χ0v) is 30.0. The molecule has 2 rings (SSSR count). The van der Waals surface area contributed by atoms with Gasteiger partial charge in [0.15, 0.2) is 0 Å². The number of methoxy groups -OCH3 is 2. The number of alkyl halides is 8. The third kappa shape index (κ3) is 12.1. The van der Waals surface area contributed by atoms with Crippen molar-refractivity contribution in [1.82, 2.24) is 36.2 Å². The van der Waals surface area contributed by atoms with Crippen LogP contribution in [0.5, 0.6) is 0 Å². The predicted molar refractivity (Wildman–Crippen MR) is 169 cm³/mol. The van der Waals surface area contributed by atoms with Crippen LogP contribution in [-0.2, 0) is 32.2 Å². The number of carbonyl (C=O) groups excluding carboxylic acids is 4. The fraction of sp³-hybridized carbons (Fsp3) is 0.581. The summed E-state index contributed by atoms with van der Waals surface area (Å²) >= 11 is 0. The number of aromatic nitrogens is 2. The Kier molecular flexibility index (Phi) is 15.3. The molecule has 0 spiro atoms. The van der Waals surface area contributed by atoms with E-state index in [-0.39, 0.29) is 11.3 Å². The number of nitrogens with zero attached hydrogens (tertiary/aromatic N) is 3. The number of alkyl carbamates (subject to hydrolysis) is 2. The van der Waals surface area contributed by atoms with Crippen LogP contribution in [0.4, 0.5) is 53.5 Å². The zero-order chi connectivity index (χ0) is 42.3. The van der Waals surface area contributed by atoms with E-state index in [2.05, 4.69) is 14.6 Å². The summed E-state index contributed by atoms with van der Waals surface area (Å²) in [5.41, 5.74) is -5.30. The third-order valence-corrected chi connectivity index (χ3v) is 8.29. The fourth-order valence-corrected chi connectivity index (χ4v) is 4.69. The van der Waals surface area contributed by atoms with Crippen LogP contribution in [0.2, 0.25) is 0 Å². The number of benzene rings is 1. The summed E-state index contributed by atoms with van der Waals surface area (Å²) in [6.07, 6.45) is -16.8. The van der Waals surface area contributed by atoms with E-state index in [1.165, 1.54) is 6.07 Å². The molecule has 0 fully saturated rings. The largest absolute Gasteiger partial charge is 0.453 e. The van der Waals surface area contributed by atoms with Crippen molar-refractivity contribution < 1.29 is 77.7 Å². The Morgan fingerprint density at radius 2 is 1.33 bits per heavy atom. The molecule has 0 aliphatic rings. The maximum atomic E-state index is 15.4. The molecule has 1 aromatic heterocycles. The van der Waals surface area contributed by atoms with Crippen molar-refractivity contribution in [1.29, 1.82) is 0 Å². The van der Waals surface area contributed by atoms with Gasteiger partial charge in [-0.2, -0.15) is 31.4 Å². The van der Waals surface area contributed by atoms with Gasteiger partial charge in [0.05, 0.1) is 36.8 Å². The third-order valence-electron chi connectivity index (χ3n) is 8.29. The number of halogens is 10. The van der Waals surface area contributed by atoms with Gasteiger partial charge in [0.2, 0.25) is 5.91 Å². The van der Waals surface area contributed by atoms with Gasteiger partial charge in [0.1, 0.15) is 30.3 Å². The first-order chi connectivity index (χ1) is 25.2. The molecule has 0 bridgehead atoms. The van der Waals surface area contributed by atoms with Crippen LogP contribution in [0, 0.1) is 22.5 Å². The molecule has 0 aliphatic carbocycles. The lowest BCUT2D eigenvalue weighted by Crippen LogP contribution is -2.62. The molecule has 1 heterocycles. The van der Waals surface area contributed by atoms with E-state index in [4.69, 9.17) is 0 Å². The van der Waals surface area contributed by atoms with Gasteiger partial charge < -0.3 is 30.5 Å². The lowest BCUT2D eigenvalue weighted by Gasteiger charge is -2.37. The number of aliphatic hydroxyl groups excluding tert-OH is 1. The van der Waals surface area contributed by atoms with Crippen LogP contribution in [0.15, 0.2) is 24.4 Å². The summed E-state index contributed by atoms with van der Waals surface area (Å²) in [7, 11) is 1.59. The van der Waals surface area contributed by atoms with Crippen LogP contribution in [0.25, 0.3) is 11.3 Å². The maximum Gasteiger partial charge on any atom is 0.407 e. The average molecular weight is 812 g/mol. The summed E-state index contributed by atoms with van der Waals surface area (Å²) in [6.45, 7) is -1.68. The Hall–Kier alpha value is -4.87. The molecule has 0 saturated heterocycles. The Balaban J connectivity index is 2.49. The molecule has 1 aromatic carbocycles. The Morgan fingerprint density at radius 3 is 1.76 bits per heavy atom. The van der Waals surface area contributed by atoms with Crippen molar-refractivity contribution in [3.8, 4) is 11.3 Å². The smallest absolute Gasteiger partial charge is 0.407 e. The summed E-state index contributed by atoms with van der Waals surface area (Å²) in [5, 5.41) is 20.5. The molecular formula is C31H39F10N7O7. The Labute approximate surface area is 306 Å². The minimum absolute atomic E-state index is 0.138. The summed E-state index contributed by atoms with van der Waals surface area (Å²) < 4.78 is 149. The monoisotopic (exact) mass is 811 g/mol. The van der Waals surface area contributed by atoms with Crippen molar-refractivity contribution in [3.63, 3.8) is 0 Å². The minimum atomic E-state index is -5.17. The summed E-state index contributed by atoms with van der Waals surface area (Å²) in [5.74, 6) is -5.86. The molecule has 1 unspecified atom stereocenters. The fourth-order valence-electron chi connectivity index (χ4n) is 4.69. The van der Waals surface area contributed by atoms with E-state index in [1.54, 1.807) is 10.6 Å². The standard InChI is InChI=1S/C31H39F10N7O7/c1-28(2,30(36,37)38)22(43-26(52)54-5)24(50)42-11-16(49)12-48(46-25(51)23(44-27(53)55-6)29(3,4)31(39,40)41)13-17-18(32)9-15(10-19(17)33)20-7-8-47(45-20)14-21(34)35/h7-10,16,21-23,49H,11-14H2,1-6H3,(H,42,50)(H,43,52)(H,44,53)(H,46,51)/t16-,22?,23-/m1/s1. The first-order valence-electron chi connectivity index (χ1n) is 15.8.